The highest BCUT2D eigenvalue weighted by atomic mass is 35.5. The first-order chi connectivity index (χ1) is 8.04. The lowest BCUT2D eigenvalue weighted by atomic mass is 10.0. The van der Waals surface area contributed by atoms with Gasteiger partial charge < -0.3 is 0 Å². The van der Waals surface area contributed by atoms with E-state index < -0.39 is 0 Å². The van der Waals surface area contributed by atoms with E-state index in [1.807, 2.05) is 0 Å². The summed E-state index contributed by atoms with van der Waals surface area (Å²) in [6.45, 7) is 10.8. The quantitative estimate of drug-likeness (QED) is 0.685. The maximum atomic E-state index is 5.83. The molecule has 1 aromatic carbocycles. The normalized spacial score (nSPS) is 11.8. The van der Waals surface area contributed by atoms with E-state index in [1.165, 1.54) is 11.1 Å². The molecule has 0 amide bonds. The fourth-order valence-corrected chi connectivity index (χ4v) is 2.09. The molecular formula is C15H24ClN. The van der Waals surface area contributed by atoms with Crippen LogP contribution in [0.3, 0.4) is 0 Å². The highest BCUT2D eigenvalue weighted by Crippen LogP contribution is 2.16. The van der Waals surface area contributed by atoms with E-state index in [0.717, 1.165) is 13.1 Å². The van der Waals surface area contributed by atoms with Gasteiger partial charge in [-0.1, -0.05) is 38.1 Å². The van der Waals surface area contributed by atoms with Crippen molar-refractivity contribution < 1.29 is 0 Å². The lowest BCUT2D eigenvalue weighted by Crippen LogP contribution is -2.32. The molecule has 0 aromatic heterocycles. The van der Waals surface area contributed by atoms with Crippen LogP contribution in [0.5, 0.6) is 0 Å². The summed E-state index contributed by atoms with van der Waals surface area (Å²) < 4.78 is 0. The third-order valence-electron chi connectivity index (χ3n) is 3.13. The zero-order valence-electron chi connectivity index (χ0n) is 11.4. The number of alkyl halides is 1. The standard InChI is InChI=1S/C15H24ClN/c1-12(2)15-7-5-14(6-8-15)11-17(10-9-16)13(3)4/h5-8,12-13H,9-11H2,1-4H3. The highest BCUT2D eigenvalue weighted by Gasteiger charge is 2.09. The van der Waals surface area contributed by atoms with Crippen LogP contribution in [0.2, 0.25) is 0 Å². The van der Waals surface area contributed by atoms with Gasteiger partial charge in [-0.15, -0.1) is 11.6 Å². The summed E-state index contributed by atoms with van der Waals surface area (Å²) in [5.74, 6) is 1.30. The molecule has 0 saturated carbocycles. The molecule has 1 rings (SSSR count). The topological polar surface area (TPSA) is 3.24 Å². The van der Waals surface area contributed by atoms with E-state index in [2.05, 4.69) is 56.9 Å². The van der Waals surface area contributed by atoms with Crippen LogP contribution in [-0.2, 0) is 6.54 Å². The number of nitrogens with zero attached hydrogens (tertiary/aromatic N) is 1. The Balaban J connectivity index is 2.66. The molecule has 0 aliphatic carbocycles. The van der Waals surface area contributed by atoms with Gasteiger partial charge in [-0.05, 0) is 30.9 Å². The summed E-state index contributed by atoms with van der Waals surface area (Å²) in [6.07, 6.45) is 0. The average molecular weight is 254 g/mol. The maximum absolute atomic E-state index is 5.83. The second-order valence-electron chi connectivity index (χ2n) is 5.15. The second kappa shape index (κ2) is 7.03. The Kier molecular flexibility index (Phi) is 6.01. The Morgan fingerprint density at radius 1 is 1.06 bits per heavy atom. The predicted octanol–water partition coefficient (Wildman–Crippen LogP) is 4.26. The summed E-state index contributed by atoms with van der Waals surface area (Å²) in [7, 11) is 0. The van der Waals surface area contributed by atoms with E-state index >= 15 is 0 Å². The first kappa shape index (κ1) is 14.5. The van der Waals surface area contributed by atoms with Crippen LogP contribution < -0.4 is 0 Å². The molecule has 1 aromatic rings. The van der Waals surface area contributed by atoms with Gasteiger partial charge in [0.05, 0.1) is 0 Å². The molecule has 1 nitrogen and oxygen atoms in total. The second-order valence-corrected chi connectivity index (χ2v) is 5.53. The van der Waals surface area contributed by atoms with Crippen molar-refractivity contribution in [2.45, 2.75) is 46.2 Å². The summed E-state index contributed by atoms with van der Waals surface area (Å²) in [4.78, 5) is 2.40. The molecule has 0 fully saturated rings. The van der Waals surface area contributed by atoms with Crippen LogP contribution in [0.25, 0.3) is 0 Å². The molecule has 0 heterocycles. The van der Waals surface area contributed by atoms with Gasteiger partial charge in [0.15, 0.2) is 0 Å². The van der Waals surface area contributed by atoms with Crippen LogP contribution in [0.1, 0.15) is 44.7 Å². The monoisotopic (exact) mass is 253 g/mol. The molecule has 0 spiro atoms. The fourth-order valence-electron chi connectivity index (χ4n) is 1.87. The van der Waals surface area contributed by atoms with Crippen molar-refractivity contribution in [2.24, 2.45) is 0 Å². The van der Waals surface area contributed by atoms with E-state index in [9.17, 15) is 0 Å². The maximum Gasteiger partial charge on any atom is 0.0351 e. The Hall–Kier alpha value is -0.530. The molecule has 0 saturated heterocycles. The lowest BCUT2D eigenvalue weighted by molar-refractivity contribution is 0.226. The Labute approximate surface area is 111 Å². The largest absolute Gasteiger partial charge is 0.296 e. The van der Waals surface area contributed by atoms with Crippen molar-refractivity contribution in [1.82, 2.24) is 4.90 Å². The highest BCUT2D eigenvalue weighted by molar-refractivity contribution is 6.18. The van der Waals surface area contributed by atoms with E-state index in [1.54, 1.807) is 0 Å². The van der Waals surface area contributed by atoms with E-state index in [4.69, 9.17) is 11.6 Å². The lowest BCUT2D eigenvalue weighted by Gasteiger charge is -2.25. The number of hydrogen-bond donors (Lipinski definition) is 0. The third-order valence-corrected chi connectivity index (χ3v) is 3.30. The van der Waals surface area contributed by atoms with Gasteiger partial charge in [0, 0.05) is 25.0 Å². The average Bonchev–Trinajstić information content (AvgIpc) is 2.29. The van der Waals surface area contributed by atoms with Crippen molar-refractivity contribution >= 4 is 11.6 Å². The number of hydrogen-bond acceptors (Lipinski definition) is 1. The van der Waals surface area contributed by atoms with E-state index in [-0.39, 0.29) is 0 Å². The summed E-state index contributed by atoms with van der Waals surface area (Å²) in [5, 5.41) is 0. The van der Waals surface area contributed by atoms with E-state index in [0.29, 0.717) is 17.8 Å². The van der Waals surface area contributed by atoms with Gasteiger partial charge >= 0.3 is 0 Å². The third kappa shape index (κ3) is 4.69. The van der Waals surface area contributed by atoms with Gasteiger partial charge in [0.2, 0.25) is 0 Å². The minimum Gasteiger partial charge on any atom is -0.296 e. The Morgan fingerprint density at radius 2 is 1.65 bits per heavy atom. The number of benzene rings is 1. The smallest absolute Gasteiger partial charge is 0.0351 e. The first-order valence-electron chi connectivity index (χ1n) is 6.43. The van der Waals surface area contributed by atoms with Crippen LogP contribution >= 0.6 is 11.6 Å². The molecule has 0 N–H and O–H groups in total. The molecule has 0 aliphatic rings. The summed E-state index contributed by atoms with van der Waals surface area (Å²) >= 11 is 5.83. The van der Waals surface area contributed by atoms with Crippen LogP contribution in [-0.4, -0.2) is 23.4 Å². The van der Waals surface area contributed by atoms with Crippen molar-refractivity contribution in [3.05, 3.63) is 35.4 Å². The van der Waals surface area contributed by atoms with Crippen molar-refractivity contribution in [2.75, 3.05) is 12.4 Å². The number of halogens is 1. The molecule has 96 valence electrons. The van der Waals surface area contributed by atoms with Crippen LogP contribution in [0.4, 0.5) is 0 Å². The van der Waals surface area contributed by atoms with Gasteiger partial charge in [0.25, 0.3) is 0 Å². The van der Waals surface area contributed by atoms with Gasteiger partial charge in [-0.3, -0.25) is 4.90 Å². The van der Waals surface area contributed by atoms with Gasteiger partial charge in [-0.2, -0.15) is 0 Å². The predicted molar refractivity (Wildman–Crippen MR) is 76.8 cm³/mol. The molecule has 0 unspecified atom stereocenters. The Bertz CT molecular complexity index is 316. The van der Waals surface area contributed by atoms with Gasteiger partial charge in [0.1, 0.15) is 0 Å². The van der Waals surface area contributed by atoms with Crippen molar-refractivity contribution in [3.8, 4) is 0 Å². The molecule has 0 radical (unpaired) electrons. The zero-order valence-corrected chi connectivity index (χ0v) is 12.2. The van der Waals surface area contributed by atoms with Crippen molar-refractivity contribution in [3.63, 3.8) is 0 Å². The zero-order chi connectivity index (χ0) is 12.8. The SMILES string of the molecule is CC(C)c1ccc(CN(CCCl)C(C)C)cc1. The molecule has 2 heteroatoms. The fraction of sp³-hybridized carbons (Fsp3) is 0.600. The first-order valence-corrected chi connectivity index (χ1v) is 6.97. The van der Waals surface area contributed by atoms with Crippen molar-refractivity contribution in [1.29, 1.82) is 0 Å². The molecule has 17 heavy (non-hydrogen) atoms. The minimum absolute atomic E-state index is 0.540. The van der Waals surface area contributed by atoms with Crippen LogP contribution in [0.15, 0.2) is 24.3 Å². The Morgan fingerprint density at radius 3 is 2.06 bits per heavy atom. The number of rotatable bonds is 6. The molecule has 0 atom stereocenters. The minimum atomic E-state index is 0.540. The van der Waals surface area contributed by atoms with Gasteiger partial charge in [-0.25, -0.2) is 0 Å². The molecule has 0 bridgehead atoms. The molecule has 0 aliphatic heterocycles. The molecular weight excluding hydrogens is 230 g/mol. The summed E-state index contributed by atoms with van der Waals surface area (Å²) in [5.41, 5.74) is 2.77. The van der Waals surface area contributed by atoms with Crippen LogP contribution in [0, 0.1) is 0 Å². The summed E-state index contributed by atoms with van der Waals surface area (Å²) in [6, 6.07) is 9.48.